The first-order valence-corrected chi connectivity index (χ1v) is 5.52. The van der Waals surface area contributed by atoms with Gasteiger partial charge in [0.1, 0.15) is 5.82 Å². The number of nitrogens with zero attached hydrogens (tertiary/aromatic N) is 3. The number of hydrogen-bond acceptors (Lipinski definition) is 4. The Morgan fingerprint density at radius 1 is 1.44 bits per heavy atom. The first-order chi connectivity index (χ1) is 8.40. The second kappa shape index (κ2) is 4.30. The van der Waals surface area contributed by atoms with Crippen LogP contribution in [0.1, 0.15) is 5.56 Å². The molecule has 2 rings (SSSR count). The van der Waals surface area contributed by atoms with E-state index in [1.54, 1.807) is 13.1 Å². The van der Waals surface area contributed by atoms with Crippen molar-refractivity contribution in [2.24, 2.45) is 7.05 Å². The maximum Gasteiger partial charge on any atom is 0.271 e. The maximum absolute atomic E-state index is 10.8. The highest BCUT2D eigenvalue weighted by Gasteiger charge is 2.16. The number of anilines is 1. The van der Waals surface area contributed by atoms with E-state index in [4.69, 9.17) is 17.3 Å². The summed E-state index contributed by atoms with van der Waals surface area (Å²) in [6.07, 6.45) is 0. The van der Waals surface area contributed by atoms with Crippen LogP contribution in [-0.4, -0.2) is 14.7 Å². The molecule has 2 N–H and O–H groups in total. The zero-order valence-corrected chi connectivity index (χ0v) is 10.6. The average Bonchev–Trinajstić information content (AvgIpc) is 2.56. The van der Waals surface area contributed by atoms with Crippen molar-refractivity contribution in [3.05, 3.63) is 38.9 Å². The van der Waals surface area contributed by atoms with Gasteiger partial charge in [0.25, 0.3) is 5.69 Å². The Bertz CT molecular complexity index is 636. The van der Waals surface area contributed by atoms with E-state index in [1.165, 1.54) is 16.8 Å². The third kappa shape index (κ3) is 2.02. The van der Waals surface area contributed by atoms with Gasteiger partial charge in [0, 0.05) is 35.3 Å². The van der Waals surface area contributed by atoms with Gasteiger partial charge in [0.05, 0.1) is 10.6 Å². The van der Waals surface area contributed by atoms with Gasteiger partial charge in [-0.25, -0.2) is 0 Å². The molecule has 0 aliphatic carbocycles. The van der Waals surface area contributed by atoms with E-state index in [0.29, 0.717) is 22.1 Å². The third-order valence-electron chi connectivity index (χ3n) is 2.70. The van der Waals surface area contributed by atoms with Crippen LogP contribution in [0.15, 0.2) is 18.2 Å². The minimum atomic E-state index is -0.489. The SMILES string of the molecule is Cc1c(-c2cc(Cl)cc([N+](=O)[O-])c2)nn(C)c1N. The van der Waals surface area contributed by atoms with Crippen molar-refractivity contribution >= 4 is 23.1 Å². The van der Waals surface area contributed by atoms with Crippen molar-refractivity contribution in [3.8, 4) is 11.3 Å². The van der Waals surface area contributed by atoms with Crippen LogP contribution in [0.2, 0.25) is 5.02 Å². The number of nitrogens with two attached hydrogens (primary N) is 1. The topological polar surface area (TPSA) is 87.0 Å². The zero-order chi connectivity index (χ0) is 13.4. The lowest BCUT2D eigenvalue weighted by Gasteiger charge is -2.00. The summed E-state index contributed by atoms with van der Waals surface area (Å²) in [6, 6.07) is 4.36. The predicted molar refractivity (Wildman–Crippen MR) is 69.5 cm³/mol. The van der Waals surface area contributed by atoms with Crippen LogP contribution in [0.5, 0.6) is 0 Å². The van der Waals surface area contributed by atoms with Crippen molar-refractivity contribution in [2.45, 2.75) is 6.92 Å². The van der Waals surface area contributed by atoms with Crippen molar-refractivity contribution in [3.63, 3.8) is 0 Å². The Kier molecular flexibility index (Phi) is 2.96. The van der Waals surface area contributed by atoms with Gasteiger partial charge in [0.15, 0.2) is 0 Å². The lowest BCUT2D eigenvalue weighted by atomic mass is 10.1. The molecule has 0 aliphatic rings. The summed E-state index contributed by atoms with van der Waals surface area (Å²) < 4.78 is 1.53. The lowest BCUT2D eigenvalue weighted by molar-refractivity contribution is -0.384. The normalized spacial score (nSPS) is 10.6. The lowest BCUT2D eigenvalue weighted by Crippen LogP contribution is -1.97. The summed E-state index contributed by atoms with van der Waals surface area (Å²) in [6.45, 7) is 1.81. The Labute approximate surface area is 108 Å². The molecule has 0 saturated heterocycles. The Balaban J connectivity index is 2.63. The van der Waals surface area contributed by atoms with Crippen LogP contribution in [0.25, 0.3) is 11.3 Å². The molecule has 1 aromatic heterocycles. The van der Waals surface area contributed by atoms with Gasteiger partial charge < -0.3 is 5.73 Å². The number of nitro benzene ring substituents is 1. The number of nitro groups is 1. The zero-order valence-electron chi connectivity index (χ0n) is 9.85. The number of hydrogen-bond donors (Lipinski definition) is 1. The summed E-state index contributed by atoms with van der Waals surface area (Å²) in [5.74, 6) is 0.521. The van der Waals surface area contributed by atoms with Crippen LogP contribution in [0.4, 0.5) is 11.5 Å². The van der Waals surface area contributed by atoms with E-state index in [-0.39, 0.29) is 5.69 Å². The number of nitrogen functional groups attached to an aromatic ring is 1. The Hall–Kier alpha value is -2.08. The number of aryl methyl sites for hydroxylation is 1. The van der Waals surface area contributed by atoms with Gasteiger partial charge in [-0.3, -0.25) is 14.8 Å². The Morgan fingerprint density at radius 3 is 2.61 bits per heavy atom. The second-order valence-corrected chi connectivity index (χ2v) is 4.37. The summed E-state index contributed by atoms with van der Waals surface area (Å²) in [5.41, 5.74) is 7.69. The first-order valence-electron chi connectivity index (χ1n) is 5.14. The Morgan fingerprint density at radius 2 is 2.11 bits per heavy atom. The van der Waals surface area contributed by atoms with Crippen LogP contribution in [-0.2, 0) is 7.05 Å². The molecule has 0 unspecified atom stereocenters. The van der Waals surface area contributed by atoms with E-state index in [9.17, 15) is 10.1 Å². The largest absolute Gasteiger partial charge is 0.384 e. The van der Waals surface area contributed by atoms with Crippen LogP contribution in [0, 0.1) is 17.0 Å². The quantitative estimate of drug-likeness (QED) is 0.668. The molecule has 18 heavy (non-hydrogen) atoms. The molecule has 7 heteroatoms. The number of halogens is 1. The molecule has 2 aromatic rings. The van der Waals surface area contributed by atoms with Crippen LogP contribution < -0.4 is 5.73 Å². The molecular formula is C11H11ClN4O2. The monoisotopic (exact) mass is 266 g/mol. The molecule has 0 amide bonds. The number of benzene rings is 1. The molecule has 0 bridgehead atoms. The molecule has 0 atom stereocenters. The first kappa shape index (κ1) is 12.4. The molecule has 0 saturated carbocycles. The van der Waals surface area contributed by atoms with Gasteiger partial charge in [-0.15, -0.1) is 0 Å². The molecular weight excluding hydrogens is 256 g/mol. The smallest absolute Gasteiger partial charge is 0.271 e. The molecule has 1 heterocycles. The minimum Gasteiger partial charge on any atom is -0.384 e. The molecule has 1 aromatic carbocycles. The molecule has 0 fully saturated rings. The van der Waals surface area contributed by atoms with Crippen molar-refractivity contribution in [2.75, 3.05) is 5.73 Å². The summed E-state index contributed by atoms with van der Waals surface area (Å²) in [7, 11) is 1.71. The van der Waals surface area contributed by atoms with Crippen molar-refractivity contribution < 1.29 is 4.92 Å². The molecule has 6 nitrogen and oxygen atoms in total. The minimum absolute atomic E-state index is 0.0684. The van der Waals surface area contributed by atoms with E-state index < -0.39 is 4.92 Å². The fourth-order valence-corrected chi connectivity index (χ4v) is 1.96. The van der Waals surface area contributed by atoms with Gasteiger partial charge in [0.2, 0.25) is 0 Å². The highest BCUT2D eigenvalue weighted by Crippen LogP contribution is 2.31. The number of non-ortho nitro benzene ring substituents is 1. The summed E-state index contributed by atoms with van der Waals surface area (Å²) in [4.78, 5) is 10.3. The molecule has 0 spiro atoms. The van der Waals surface area contributed by atoms with Gasteiger partial charge >= 0.3 is 0 Å². The summed E-state index contributed by atoms with van der Waals surface area (Å²) >= 11 is 5.87. The van der Waals surface area contributed by atoms with E-state index in [0.717, 1.165) is 5.56 Å². The maximum atomic E-state index is 10.8. The summed E-state index contributed by atoms with van der Waals surface area (Å²) in [5, 5.41) is 15.3. The average molecular weight is 267 g/mol. The second-order valence-electron chi connectivity index (χ2n) is 3.94. The van der Waals surface area contributed by atoms with Crippen LogP contribution in [0.3, 0.4) is 0 Å². The van der Waals surface area contributed by atoms with Gasteiger partial charge in [-0.1, -0.05) is 11.6 Å². The standard InChI is InChI=1S/C11H11ClN4O2/c1-6-10(14-15(2)11(6)13)7-3-8(12)5-9(4-7)16(17)18/h3-5H,13H2,1-2H3. The highest BCUT2D eigenvalue weighted by molar-refractivity contribution is 6.31. The van der Waals surface area contributed by atoms with E-state index in [1.807, 2.05) is 6.92 Å². The number of aromatic nitrogens is 2. The van der Waals surface area contributed by atoms with E-state index in [2.05, 4.69) is 5.10 Å². The van der Waals surface area contributed by atoms with E-state index >= 15 is 0 Å². The molecule has 0 radical (unpaired) electrons. The fraction of sp³-hybridized carbons (Fsp3) is 0.182. The molecule has 0 aliphatic heterocycles. The predicted octanol–water partition coefficient (Wildman–Crippen LogP) is 2.54. The third-order valence-corrected chi connectivity index (χ3v) is 2.92. The van der Waals surface area contributed by atoms with Crippen molar-refractivity contribution in [1.29, 1.82) is 0 Å². The fourth-order valence-electron chi connectivity index (χ4n) is 1.73. The van der Waals surface area contributed by atoms with Gasteiger partial charge in [-0.2, -0.15) is 5.10 Å². The highest BCUT2D eigenvalue weighted by atomic mass is 35.5. The van der Waals surface area contributed by atoms with Gasteiger partial charge in [-0.05, 0) is 13.0 Å². The number of rotatable bonds is 2. The molecule has 94 valence electrons. The van der Waals surface area contributed by atoms with Crippen LogP contribution >= 0.6 is 11.6 Å². The van der Waals surface area contributed by atoms with Crippen molar-refractivity contribution in [1.82, 2.24) is 9.78 Å².